The van der Waals surface area contributed by atoms with Crippen LogP contribution in [0.3, 0.4) is 0 Å². The lowest BCUT2D eigenvalue weighted by Gasteiger charge is -2.10. The fourth-order valence-electron chi connectivity index (χ4n) is 2.44. The van der Waals surface area contributed by atoms with Gasteiger partial charge in [-0.15, -0.1) is 0 Å². The average molecular weight is 338 g/mol. The molecule has 24 heavy (non-hydrogen) atoms. The number of ether oxygens (including phenoxy) is 1. The van der Waals surface area contributed by atoms with Gasteiger partial charge in [-0.3, -0.25) is 0 Å². The van der Waals surface area contributed by atoms with E-state index in [1.807, 2.05) is 47.2 Å². The predicted octanol–water partition coefficient (Wildman–Crippen LogP) is 4.08. The molecule has 3 rings (SSSR count). The zero-order valence-corrected chi connectivity index (χ0v) is 13.8. The van der Waals surface area contributed by atoms with Crippen molar-refractivity contribution in [1.82, 2.24) is 9.55 Å². The Morgan fingerprint density at radius 3 is 2.83 bits per heavy atom. The average Bonchev–Trinajstić information content (AvgIpc) is 3.08. The highest BCUT2D eigenvalue weighted by atomic mass is 35.5. The second-order valence-electron chi connectivity index (χ2n) is 5.41. The Bertz CT molecular complexity index is 853. The van der Waals surface area contributed by atoms with Gasteiger partial charge in [-0.05, 0) is 35.4 Å². The van der Waals surface area contributed by atoms with Crippen molar-refractivity contribution in [1.29, 1.82) is 5.26 Å². The Kier molecular flexibility index (Phi) is 5.15. The fraction of sp³-hybridized carbons (Fsp3) is 0.158. The van der Waals surface area contributed by atoms with Crippen LogP contribution in [0.1, 0.15) is 16.7 Å². The van der Waals surface area contributed by atoms with Gasteiger partial charge in [0.1, 0.15) is 11.8 Å². The SMILES string of the molecule is N#Cc1ccc(Cn2ccnc2)cc1OCCc1cccc(Cl)c1. The summed E-state index contributed by atoms with van der Waals surface area (Å²) in [6.07, 6.45) is 6.14. The van der Waals surface area contributed by atoms with E-state index >= 15 is 0 Å². The van der Waals surface area contributed by atoms with Crippen molar-refractivity contribution < 1.29 is 4.74 Å². The number of hydrogen-bond donors (Lipinski definition) is 0. The summed E-state index contributed by atoms with van der Waals surface area (Å²) in [5, 5.41) is 9.97. The van der Waals surface area contributed by atoms with Gasteiger partial charge in [0.2, 0.25) is 0 Å². The minimum atomic E-state index is 0.490. The van der Waals surface area contributed by atoms with Gasteiger partial charge in [0, 0.05) is 30.4 Å². The summed E-state index contributed by atoms with van der Waals surface area (Å²) in [7, 11) is 0. The van der Waals surface area contributed by atoms with Gasteiger partial charge in [0.05, 0.1) is 18.5 Å². The summed E-state index contributed by atoms with van der Waals surface area (Å²) in [6, 6.07) is 15.5. The largest absolute Gasteiger partial charge is 0.492 e. The normalized spacial score (nSPS) is 10.3. The van der Waals surface area contributed by atoms with Crippen LogP contribution in [0.5, 0.6) is 5.75 Å². The van der Waals surface area contributed by atoms with Crippen molar-refractivity contribution in [3.63, 3.8) is 0 Å². The van der Waals surface area contributed by atoms with E-state index in [1.165, 1.54) is 0 Å². The molecular weight excluding hydrogens is 322 g/mol. The van der Waals surface area contributed by atoms with E-state index in [4.69, 9.17) is 16.3 Å². The van der Waals surface area contributed by atoms with Crippen LogP contribution in [0.15, 0.2) is 61.2 Å². The Morgan fingerprint density at radius 2 is 2.08 bits per heavy atom. The number of halogens is 1. The summed E-state index contributed by atoms with van der Waals surface area (Å²) in [5.74, 6) is 0.608. The third-order valence-electron chi connectivity index (χ3n) is 3.63. The molecule has 0 radical (unpaired) electrons. The van der Waals surface area contributed by atoms with Gasteiger partial charge in [-0.25, -0.2) is 4.98 Å². The molecule has 0 fully saturated rings. The summed E-state index contributed by atoms with van der Waals surface area (Å²) in [5.41, 5.74) is 2.70. The highest BCUT2D eigenvalue weighted by molar-refractivity contribution is 6.30. The van der Waals surface area contributed by atoms with Crippen molar-refractivity contribution in [2.75, 3.05) is 6.61 Å². The van der Waals surface area contributed by atoms with E-state index < -0.39 is 0 Å². The highest BCUT2D eigenvalue weighted by Gasteiger charge is 2.06. The summed E-state index contributed by atoms with van der Waals surface area (Å²) in [6.45, 7) is 1.18. The van der Waals surface area contributed by atoms with Crippen molar-refractivity contribution in [3.05, 3.63) is 82.9 Å². The Labute approximate surface area is 145 Å². The number of hydrogen-bond acceptors (Lipinski definition) is 3. The first-order valence-corrected chi connectivity index (χ1v) is 7.98. The van der Waals surface area contributed by atoms with Gasteiger partial charge in [-0.1, -0.05) is 29.8 Å². The maximum Gasteiger partial charge on any atom is 0.137 e. The van der Waals surface area contributed by atoms with Crippen molar-refractivity contribution >= 4 is 11.6 Å². The zero-order valence-electron chi connectivity index (χ0n) is 13.0. The van der Waals surface area contributed by atoms with E-state index in [0.717, 1.165) is 17.5 Å². The molecule has 1 heterocycles. The van der Waals surface area contributed by atoms with Crippen molar-refractivity contribution in [2.24, 2.45) is 0 Å². The van der Waals surface area contributed by atoms with E-state index in [2.05, 4.69) is 11.1 Å². The maximum atomic E-state index is 9.26. The van der Waals surface area contributed by atoms with Crippen molar-refractivity contribution in [2.45, 2.75) is 13.0 Å². The molecule has 0 spiro atoms. The Hall–Kier alpha value is -2.77. The van der Waals surface area contributed by atoms with E-state index in [-0.39, 0.29) is 0 Å². The lowest BCUT2D eigenvalue weighted by molar-refractivity contribution is 0.320. The summed E-state index contributed by atoms with van der Waals surface area (Å²) in [4.78, 5) is 4.03. The van der Waals surface area contributed by atoms with Gasteiger partial charge < -0.3 is 9.30 Å². The molecular formula is C19H16ClN3O. The molecule has 0 aliphatic heterocycles. The zero-order chi connectivity index (χ0) is 16.8. The summed E-state index contributed by atoms with van der Waals surface area (Å²) >= 11 is 5.99. The number of aromatic nitrogens is 2. The lowest BCUT2D eigenvalue weighted by Crippen LogP contribution is -2.04. The van der Waals surface area contributed by atoms with Crippen LogP contribution in [-0.4, -0.2) is 16.2 Å². The summed E-state index contributed by atoms with van der Waals surface area (Å²) < 4.78 is 7.81. The molecule has 0 unspecified atom stereocenters. The minimum absolute atomic E-state index is 0.490. The van der Waals surface area contributed by atoms with Gasteiger partial charge in [0.15, 0.2) is 0 Å². The minimum Gasteiger partial charge on any atom is -0.492 e. The molecule has 2 aromatic carbocycles. The highest BCUT2D eigenvalue weighted by Crippen LogP contribution is 2.21. The van der Waals surface area contributed by atoms with E-state index in [0.29, 0.717) is 29.5 Å². The predicted molar refractivity (Wildman–Crippen MR) is 93.1 cm³/mol. The van der Waals surface area contributed by atoms with Gasteiger partial charge in [0.25, 0.3) is 0 Å². The number of rotatable bonds is 6. The van der Waals surface area contributed by atoms with Crippen LogP contribution >= 0.6 is 11.6 Å². The lowest BCUT2D eigenvalue weighted by atomic mass is 10.1. The molecule has 1 aromatic heterocycles. The molecule has 0 atom stereocenters. The third kappa shape index (κ3) is 4.15. The van der Waals surface area contributed by atoms with Gasteiger partial charge in [-0.2, -0.15) is 5.26 Å². The van der Waals surface area contributed by atoms with Crippen molar-refractivity contribution in [3.8, 4) is 11.8 Å². The van der Waals surface area contributed by atoms with E-state index in [9.17, 15) is 5.26 Å². The van der Waals surface area contributed by atoms with Crippen LogP contribution in [0.4, 0.5) is 0 Å². The molecule has 5 heteroatoms. The smallest absolute Gasteiger partial charge is 0.137 e. The molecule has 4 nitrogen and oxygen atoms in total. The number of benzene rings is 2. The first-order chi connectivity index (χ1) is 11.7. The number of imidazole rings is 1. The standard InChI is InChI=1S/C19H16ClN3O/c20-18-3-1-2-15(10-18)6-9-24-19-11-16(4-5-17(19)12-21)13-23-8-7-22-14-23/h1-5,7-8,10-11,14H,6,9,13H2. The molecule has 0 saturated heterocycles. The quantitative estimate of drug-likeness (QED) is 0.681. The molecule has 0 N–H and O–H groups in total. The molecule has 0 aliphatic rings. The van der Waals surface area contributed by atoms with Crippen LogP contribution < -0.4 is 4.74 Å². The molecule has 3 aromatic rings. The molecule has 0 aliphatic carbocycles. The first kappa shape index (κ1) is 16.1. The van der Waals surface area contributed by atoms with Crippen LogP contribution in [0, 0.1) is 11.3 Å². The van der Waals surface area contributed by atoms with Crippen LogP contribution in [0.2, 0.25) is 5.02 Å². The molecule has 0 saturated carbocycles. The van der Waals surface area contributed by atoms with Crippen LogP contribution in [-0.2, 0) is 13.0 Å². The second kappa shape index (κ2) is 7.67. The number of nitriles is 1. The maximum absolute atomic E-state index is 9.26. The molecule has 0 bridgehead atoms. The second-order valence-corrected chi connectivity index (χ2v) is 5.84. The topological polar surface area (TPSA) is 50.8 Å². The number of nitrogens with zero attached hydrogens (tertiary/aromatic N) is 3. The van der Waals surface area contributed by atoms with E-state index in [1.54, 1.807) is 18.6 Å². The van der Waals surface area contributed by atoms with Crippen LogP contribution in [0.25, 0.3) is 0 Å². The monoisotopic (exact) mass is 337 g/mol. The van der Waals surface area contributed by atoms with Gasteiger partial charge >= 0.3 is 0 Å². The first-order valence-electron chi connectivity index (χ1n) is 7.60. The third-order valence-corrected chi connectivity index (χ3v) is 3.86. The Morgan fingerprint density at radius 1 is 1.17 bits per heavy atom. The molecule has 120 valence electrons. The Balaban J connectivity index is 1.68. The molecule has 0 amide bonds. The fourth-order valence-corrected chi connectivity index (χ4v) is 2.65.